The van der Waals surface area contributed by atoms with Gasteiger partial charge < -0.3 is 16.2 Å². The predicted octanol–water partition coefficient (Wildman–Crippen LogP) is 1.33. The molecule has 7 heteroatoms. The molecular formula is C14H16N2O4S. The number of carboxylic acid groups (broad SMARTS) is 1. The Bertz CT molecular complexity index is 558. The highest BCUT2D eigenvalue weighted by molar-refractivity contribution is 7.99. The van der Waals surface area contributed by atoms with Crippen molar-refractivity contribution in [3.8, 4) is 0 Å². The van der Waals surface area contributed by atoms with Gasteiger partial charge in [0.25, 0.3) is 0 Å². The van der Waals surface area contributed by atoms with E-state index in [1.165, 1.54) is 17.8 Å². The molecule has 0 unspecified atom stereocenters. The zero-order chi connectivity index (χ0) is 15.7. The lowest BCUT2D eigenvalue weighted by atomic mass is 10.2. The van der Waals surface area contributed by atoms with Crippen molar-refractivity contribution in [2.24, 2.45) is 5.73 Å². The van der Waals surface area contributed by atoms with Crippen molar-refractivity contribution in [3.63, 3.8) is 0 Å². The Balaban J connectivity index is 2.47. The molecule has 0 saturated heterocycles. The van der Waals surface area contributed by atoms with Crippen molar-refractivity contribution in [1.29, 1.82) is 0 Å². The Kier molecular flexibility index (Phi) is 7.03. The number of amides is 2. The van der Waals surface area contributed by atoms with Crippen molar-refractivity contribution in [2.45, 2.75) is 6.42 Å². The number of primary amides is 1. The van der Waals surface area contributed by atoms with Crippen LogP contribution >= 0.6 is 11.8 Å². The van der Waals surface area contributed by atoms with Gasteiger partial charge >= 0.3 is 5.97 Å². The molecule has 0 aliphatic heterocycles. The van der Waals surface area contributed by atoms with Gasteiger partial charge in [-0.3, -0.25) is 9.59 Å². The zero-order valence-corrected chi connectivity index (χ0v) is 12.1. The topological polar surface area (TPSA) is 109 Å². The van der Waals surface area contributed by atoms with Gasteiger partial charge in [0.2, 0.25) is 11.8 Å². The third-order valence-corrected chi connectivity index (χ3v) is 3.29. The summed E-state index contributed by atoms with van der Waals surface area (Å²) in [4.78, 5) is 32.7. The molecule has 0 saturated carbocycles. The normalized spacial score (nSPS) is 10.5. The molecule has 1 aromatic carbocycles. The Hall–Kier alpha value is -2.28. The van der Waals surface area contributed by atoms with Crippen LogP contribution in [-0.4, -0.2) is 34.4 Å². The van der Waals surface area contributed by atoms with Crippen LogP contribution in [0.15, 0.2) is 30.3 Å². The van der Waals surface area contributed by atoms with E-state index in [2.05, 4.69) is 5.32 Å². The predicted molar refractivity (Wildman–Crippen MR) is 82.9 cm³/mol. The van der Waals surface area contributed by atoms with Crippen LogP contribution in [0, 0.1) is 0 Å². The van der Waals surface area contributed by atoms with Crippen molar-refractivity contribution in [2.75, 3.05) is 16.8 Å². The maximum atomic E-state index is 11.7. The third kappa shape index (κ3) is 7.78. The maximum Gasteiger partial charge on any atom is 0.328 e. The Morgan fingerprint density at radius 2 is 2.10 bits per heavy atom. The van der Waals surface area contributed by atoms with Crippen LogP contribution in [0.3, 0.4) is 0 Å². The lowest BCUT2D eigenvalue weighted by Gasteiger charge is -2.05. The lowest BCUT2D eigenvalue weighted by Crippen LogP contribution is -2.15. The van der Waals surface area contributed by atoms with Gasteiger partial charge in [0.05, 0.1) is 5.75 Å². The van der Waals surface area contributed by atoms with Crippen LogP contribution in [-0.2, 0) is 14.4 Å². The number of rotatable bonds is 8. The van der Waals surface area contributed by atoms with Gasteiger partial charge in [0, 0.05) is 23.9 Å². The standard InChI is InChI=1S/C14H16N2O4S/c15-12(17)9-21-7-6-13(18)16-11-3-1-2-10(8-11)4-5-14(19)20/h1-5,8H,6-7,9H2,(H2,15,17)(H,16,18)(H,19,20)/b5-4+. The molecule has 0 bridgehead atoms. The fourth-order valence-corrected chi connectivity index (χ4v) is 2.12. The number of carbonyl (C=O) groups is 3. The van der Waals surface area contributed by atoms with E-state index in [0.29, 0.717) is 17.0 Å². The van der Waals surface area contributed by atoms with Crippen LogP contribution in [0.1, 0.15) is 12.0 Å². The SMILES string of the molecule is NC(=O)CSCCC(=O)Nc1cccc(/C=C/C(=O)O)c1. The summed E-state index contributed by atoms with van der Waals surface area (Å²) in [5.74, 6) is -0.906. The number of aliphatic carboxylic acids is 1. The number of nitrogens with one attached hydrogen (secondary N) is 1. The number of nitrogens with two attached hydrogens (primary N) is 1. The van der Waals surface area contributed by atoms with Gasteiger partial charge in [-0.05, 0) is 23.8 Å². The second kappa shape index (κ2) is 8.80. The van der Waals surface area contributed by atoms with Crippen LogP contribution in [0.2, 0.25) is 0 Å². The number of hydrogen-bond acceptors (Lipinski definition) is 4. The quantitative estimate of drug-likeness (QED) is 0.496. The van der Waals surface area contributed by atoms with Gasteiger partial charge in [-0.25, -0.2) is 4.79 Å². The van der Waals surface area contributed by atoms with Crippen LogP contribution in [0.4, 0.5) is 5.69 Å². The number of hydrogen-bond donors (Lipinski definition) is 3. The van der Waals surface area contributed by atoms with Gasteiger partial charge in [0.1, 0.15) is 0 Å². The Morgan fingerprint density at radius 3 is 2.76 bits per heavy atom. The Labute approximate surface area is 126 Å². The van der Waals surface area contributed by atoms with E-state index in [9.17, 15) is 14.4 Å². The molecule has 0 heterocycles. The largest absolute Gasteiger partial charge is 0.478 e. The summed E-state index contributed by atoms with van der Waals surface area (Å²) in [6.07, 6.45) is 2.75. The van der Waals surface area contributed by atoms with E-state index in [1.807, 2.05) is 0 Å². The molecule has 0 aliphatic carbocycles. The van der Waals surface area contributed by atoms with E-state index in [1.54, 1.807) is 24.3 Å². The minimum Gasteiger partial charge on any atom is -0.478 e. The highest BCUT2D eigenvalue weighted by atomic mass is 32.2. The van der Waals surface area contributed by atoms with Gasteiger partial charge in [-0.2, -0.15) is 11.8 Å². The number of carbonyl (C=O) groups excluding carboxylic acids is 2. The zero-order valence-electron chi connectivity index (χ0n) is 11.2. The van der Waals surface area contributed by atoms with Crippen molar-refractivity contribution < 1.29 is 19.5 Å². The average Bonchev–Trinajstić information content (AvgIpc) is 2.41. The van der Waals surface area contributed by atoms with E-state index in [-0.39, 0.29) is 18.1 Å². The number of carboxylic acids is 1. The van der Waals surface area contributed by atoms with Crippen LogP contribution < -0.4 is 11.1 Å². The minimum absolute atomic E-state index is 0.175. The van der Waals surface area contributed by atoms with E-state index in [0.717, 1.165) is 6.08 Å². The summed E-state index contributed by atoms with van der Waals surface area (Å²) in [5, 5.41) is 11.3. The smallest absolute Gasteiger partial charge is 0.328 e. The molecular weight excluding hydrogens is 292 g/mol. The van der Waals surface area contributed by atoms with Gasteiger partial charge in [0.15, 0.2) is 0 Å². The highest BCUT2D eigenvalue weighted by Gasteiger charge is 2.03. The summed E-state index contributed by atoms with van der Waals surface area (Å²) >= 11 is 1.30. The molecule has 4 N–H and O–H groups in total. The van der Waals surface area contributed by atoms with Crippen molar-refractivity contribution in [3.05, 3.63) is 35.9 Å². The molecule has 0 spiro atoms. The molecule has 0 aliphatic rings. The van der Waals surface area contributed by atoms with Crippen LogP contribution in [0.25, 0.3) is 6.08 Å². The fraction of sp³-hybridized carbons (Fsp3) is 0.214. The number of benzene rings is 1. The first kappa shape index (κ1) is 16.8. The minimum atomic E-state index is -1.03. The second-order valence-electron chi connectivity index (χ2n) is 4.11. The summed E-state index contributed by atoms with van der Waals surface area (Å²) in [7, 11) is 0. The average molecular weight is 308 g/mol. The molecule has 0 radical (unpaired) electrons. The molecule has 0 atom stereocenters. The van der Waals surface area contributed by atoms with Crippen molar-refractivity contribution in [1.82, 2.24) is 0 Å². The lowest BCUT2D eigenvalue weighted by molar-refractivity contribution is -0.131. The molecule has 0 fully saturated rings. The Morgan fingerprint density at radius 1 is 1.33 bits per heavy atom. The first-order chi connectivity index (χ1) is 9.97. The molecule has 112 valence electrons. The number of thioether (sulfide) groups is 1. The summed E-state index contributed by atoms with van der Waals surface area (Å²) in [6.45, 7) is 0. The first-order valence-corrected chi connectivity index (χ1v) is 7.30. The molecule has 1 aromatic rings. The highest BCUT2D eigenvalue weighted by Crippen LogP contribution is 2.13. The molecule has 21 heavy (non-hydrogen) atoms. The third-order valence-electron chi connectivity index (χ3n) is 2.31. The number of anilines is 1. The summed E-state index contributed by atoms with van der Waals surface area (Å²) in [5.41, 5.74) is 6.26. The first-order valence-electron chi connectivity index (χ1n) is 6.14. The van der Waals surface area contributed by atoms with Crippen molar-refractivity contribution >= 4 is 41.3 Å². The second-order valence-corrected chi connectivity index (χ2v) is 5.22. The summed E-state index contributed by atoms with van der Waals surface area (Å²) in [6, 6.07) is 6.84. The van der Waals surface area contributed by atoms with Gasteiger partial charge in [-0.15, -0.1) is 0 Å². The van der Waals surface area contributed by atoms with Gasteiger partial charge in [-0.1, -0.05) is 12.1 Å². The van der Waals surface area contributed by atoms with E-state index >= 15 is 0 Å². The monoisotopic (exact) mass is 308 g/mol. The molecule has 1 rings (SSSR count). The fourth-order valence-electron chi connectivity index (χ4n) is 1.45. The van der Waals surface area contributed by atoms with E-state index < -0.39 is 11.9 Å². The maximum absolute atomic E-state index is 11.7. The molecule has 2 amide bonds. The van der Waals surface area contributed by atoms with Crippen LogP contribution in [0.5, 0.6) is 0 Å². The molecule has 0 aromatic heterocycles. The molecule has 6 nitrogen and oxygen atoms in total. The summed E-state index contributed by atoms with van der Waals surface area (Å²) < 4.78 is 0. The van der Waals surface area contributed by atoms with E-state index in [4.69, 9.17) is 10.8 Å².